The third kappa shape index (κ3) is 4.38. The van der Waals surface area contributed by atoms with Gasteiger partial charge in [0.25, 0.3) is 0 Å². The molecule has 4 rings (SSSR count). The smallest absolute Gasteiger partial charge is 0.230 e. The molecule has 0 unspecified atom stereocenters. The second-order valence-corrected chi connectivity index (χ2v) is 8.75. The summed E-state index contributed by atoms with van der Waals surface area (Å²) in [6.07, 6.45) is 1.53. The molecule has 2 aromatic carbocycles. The molecule has 2 heterocycles. The predicted octanol–water partition coefficient (Wildman–Crippen LogP) is 5.07. The second-order valence-electron chi connectivity index (χ2n) is 8.75. The van der Waals surface area contributed by atoms with E-state index in [1.54, 1.807) is 0 Å². The highest BCUT2D eigenvalue weighted by atomic mass is 16.2. The summed E-state index contributed by atoms with van der Waals surface area (Å²) >= 11 is 0. The highest BCUT2D eigenvalue weighted by molar-refractivity contribution is 5.84. The van der Waals surface area contributed by atoms with Gasteiger partial charge >= 0.3 is 0 Å². The van der Waals surface area contributed by atoms with E-state index in [9.17, 15) is 4.79 Å². The van der Waals surface area contributed by atoms with E-state index in [0.717, 1.165) is 46.9 Å². The molecule has 1 atom stereocenters. The lowest BCUT2D eigenvalue weighted by Gasteiger charge is -2.34. The average Bonchev–Trinajstić information content (AvgIpc) is 2.84. The number of amides is 1. The molecule has 1 aliphatic rings. The van der Waals surface area contributed by atoms with Gasteiger partial charge in [-0.3, -0.25) is 4.79 Å². The van der Waals surface area contributed by atoms with E-state index in [2.05, 4.69) is 44.9 Å². The Hall–Kier alpha value is -3.21. The maximum atomic E-state index is 13.5. The molecule has 0 aliphatic carbocycles. The highest BCUT2D eigenvalue weighted by Gasteiger charge is 2.31. The summed E-state index contributed by atoms with van der Waals surface area (Å²) in [6, 6.07) is 20.5. The van der Waals surface area contributed by atoms with E-state index in [0.29, 0.717) is 13.1 Å². The van der Waals surface area contributed by atoms with Crippen molar-refractivity contribution in [3.8, 4) is 11.4 Å². The van der Waals surface area contributed by atoms with E-state index >= 15 is 0 Å². The Bertz CT molecular complexity index is 1070. The van der Waals surface area contributed by atoms with Crippen LogP contribution in [0.1, 0.15) is 49.9 Å². The molecule has 0 spiro atoms. The van der Waals surface area contributed by atoms with E-state index in [1.807, 2.05) is 53.4 Å². The fourth-order valence-corrected chi connectivity index (χ4v) is 4.30. The SMILES string of the molecule is CC[C@H](C(=O)N1CCc2nc(-c3ccccc3)nc(N(C)C(C)C)c2C1)c1ccccc1. The number of rotatable bonds is 6. The number of hydrogen-bond donors (Lipinski definition) is 0. The summed E-state index contributed by atoms with van der Waals surface area (Å²) in [6.45, 7) is 7.64. The molecule has 3 aromatic rings. The first kappa shape index (κ1) is 22.0. The molecule has 0 saturated heterocycles. The van der Waals surface area contributed by atoms with E-state index in [4.69, 9.17) is 9.97 Å². The topological polar surface area (TPSA) is 49.3 Å². The van der Waals surface area contributed by atoms with Crippen LogP contribution in [0.5, 0.6) is 0 Å². The van der Waals surface area contributed by atoms with Crippen LogP contribution in [0.25, 0.3) is 11.4 Å². The molecule has 32 heavy (non-hydrogen) atoms. The largest absolute Gasteiger partial charge is 0.357 e. The minimum Gasteiger partial charge on any atom is -0.357 e. The minimum absolute atomic E-state index is 0.117. The Balaban J connectivity index is 1.69. The number of carbonyl (C=O) groups excluding carboxylic acids is 1. The van der Waals surface area contributed by atoms with Crippen LogP contribution in [-0.2, 0) is 17.8 Å². The van der Waals surface area contributed by atoms with Gasteiger partial charge in [0.15, 0.2) is 5.82 Å². The summed E-state index contributed by atoms with van der Waals surface area (Å²) in [5, 5.41) is 0. The van der Waals surface area contributed by atoms with Crippen molar-refractivity contribution in [2.45, 2.75) is 52.1 Å². The first-order valence-corrected chi connectivity index (χ1v) is 11.5. The van der Waals surface area contributed by atoms with Gasteiger partial charge in [0.05, 0.1) is 18.2 Å². The number of hydrogen-bond acceptors (Lipinski definition) is 4. The van der Waals surface area contributed by atoms with Crippen molar-refractivity contribution < 1.29 is 4.79 Å². The van der Waals surface area contributed by atoms with Crippen LogP contribution >= 0.6 is 0 Å². The quantitative estimate of drug-likeness (QED) is 0.550. The zero-order valence-corrected chi connectivity index (χ0v) is 19.5. The summed E-state index contributed by atoms with van der Waals surface area (Å²) in [5.74, 6) is 1.75. The van der Waals surface area contributed by atoms with Gasteiger partial charge in [-0.2, -0.15) is 0 Å². The molecule has 0 fully saturated rings. The van der Waals surface area contributed by atoms with Crippen LogP contribution < -0.4 is 4.90 Å². The molecule has 0 radical (unpaired) electrons. The highest BCUT2D eigenvalue weighted by Crippen LogP contribution is 2.32. The molecule has 0 saturated carbocycles. The van der Waals surface area contributed by atoms with Crippen molar-refractivity contribution in [2.75, 3.05) is 18.5 Å². The van der Waals surface area contributed by atoms with E-state index < -0.39 is 0 Å². The Labute approximate surface area is 191 Å². The molecule has 1 aliphatic heterocycles. The number of benzene rings is 2. The van der Waals surface area contributed by atoms with Crippen molar-refractivity contribution in [1.29, 1.82) is 0 Å². The number of anilines is 1. The van der Waals surface area contributed by atoms with Gasteiger partial charge in [-0.25, -0.2) is 9.97 Å². The molecular weight excluding hydrogens is 396 g/mol. The fourth-order valence-electron chi connectivity index (χ4n) is 4.30. The molecular formula is C27H32N4O. The summed E-state index contributed by atoms with van der Waals surface area (Å²) in [7, 11) is 2.07. The molecule has 5 nitrogen and oxygen atoms in total. The van der Waals surface area contributed by atoms with E-state index in [1.165, 1.54) is 0 Å². The third-order valence-electron chi connectivity index (χ3n) is 6.40. The van der Waals surface area contributed by atoms with Gasteiger partial charge in [-0.05, 0) is 25.8 Å². The second kappa shape index (κ2) is 9.51. The fraction of sp³-hybridized carbons (Fsp3) is 0.370. The third-order valence-corrected chi connectivity index (χ3v) is 6.40. The van der Waals surface area contributed by atoms with Gasteiger partial charge in [0, 0.05) is 37.2 Å². The van der Waals surface area contributed by atoms with Crippen LogP contribution in [-0.4, -0.2) is 40.4 Å². The zero-order valence-electron chi connectivity index (χ0n) is 19.5. The van der Waals surface area contributed by atoms with Gasteiger partial charge in [0.1, 0.15) is 5.82 Å². The maximum Gasteiger partial charge on any atom is 0.230 e. The number of fused-ring (bicyclic) bond motifs is 1. The lowest BCUT2D eigenvalue weighted by molar-refractivity contribution is -0.133. The molecule has 1 aromatic heterocycles. The van der Waals surface area contributed by atoms with Crippen LogP contribution in [0, 0.1) is 0 Å². The van der Waals surface area contributed by atoms with Crippen molar-refractivity contribution in [3.63, 3.8) is 0 Å². The molecule has 0 N–H and O–H groups in total. The summed E-state index contributed by atoms with van der Waals surface area (Å²) in [5.41, 5.74) is 4.23. The van der Waals surface area contributed by atoms with Crippen LogP contribution in [0.4, 0.5) is 5.82 Å². The number of aromatic nitrogens is 2. The standard InChI is InChI=1S/C27H32N4O/c1-5-22(20-12-8-6-9-13-20)27(32)31-17-16-24-23(18-31)26(30(4)19(2)3)29-25(28-24)21-14-10-7-11-15-21/h6-15,19,22H,5,16-18H2,1-4H3/t22-/m0/s1. The molecule has 0 bridgehead atoms. The monoisotopic (exact) mass is 428 g/mol. The van der Waals surface area contributed by atoms with Crippen LogP contribution in [0.3, 0.4) is 0 Å². The molecule has 166 valence electrons. The Morgan fingerprint density at radius 3 is 2.31 bits per heavy atom. The molecule has 1 amide bonds. The van der Waals surface area contributed by atoms with Gasteiger partial charge in [-0.1, -0.05) is 67.6 Å². The summed E-state index contributed by atoms with van der Waals surface area (Å²) < 4.78 is 0. The minimum atomic E-state index is -0.117. The lowest BCUT2D eigenvalue weighted by atomic mass is 9.93. The number of carbonyl (C=O) groups is 1. The lowest BCUT2D eigenvalue weighted by Crippen LogP contribution is -2.40. The Morgan fingerprint density at radius 1 is 1.03 bits per heavy atom. The van der Waals surface area contributed by atoms with Gasteiger partial charge in [-0.15, -0.1) is 0 Å². The van der Waals surface area contributed by atoms with Crippen molar-refractivity contribution in [2.24, 2.45) is 0 Å². The zero-order chi connectivity index (χ0) is 22.7. The molecule has 5 heteroatoms. The normalized spacial score (nSPS) is 14.2. The Morgan fingerprint density at radius 2 is 1.69 bits per heavy atom. The van der Waals surface area contributed by atoms with E-state index in [-0.39, 0.29) is 17.9 Å². The maximum absolute atomic E-state index is 13.5. The summed E-state index contributed by atoms with van der Waals surface area (Å²) in [4.78, 5) is 27.6. The first-order chi connectivity index (χ1) is 15.5. The van der Waals surface area contributed by atoms with Crippen molar-refractivity contribution in [1.82, 2.24) is 14.9 Å². The van der Waals surface area contributed by atoms with Gasteiger partial charge in [0.2, 0.25) is 5.91 Å². The van der Waals surface area contributed by atoms with Crippen LogP contribution in [0.15, 0.2) is 60.7 Å². The van der Waals surface area contributed by atoms with Crippen molar-refractivity contribution in [3.05, 3.63) is 77.5 Å². The van der Waals surface area contributed by atoms with Crippen molar-refractivity contribution >= 4 is 11.7 Å². The Kier molecular flexibility index (Phi) is 6.54. The first-order valence-electron chi connectivity index (χ1n) is 11.5. The average molecular weight is 429 g/mol. The number of nitrogens with zero attached hydrogens (tertiary/aromatic N) is 4. The van der Waals surface area contributed by atoms with Gasteiger partial charge < -0.3 is 9.80 Å². The predicted molar refractivity (Wildman–Crippen MR) is 130 cm³/mol. The van der Waals surface area contributed by atoms with Crippen LogP contribution in [0.2, 0.25) is 0 Å².